The molecule has 0 aromatic heterocycles. The number of benzene rings is 3. The van der Waals surface area contributed by atoms with E-state index in [1.807, 2.05) is 0 Å². The minimum atomic E-state index is -3.96. The Bertz CT molecular complexity index is 846. The highest BCUT2D eigenvalue weighted by Crippen LogP contribution is 2.48. The average Bonchev–Trinajstić information content (AvgIpc) is 2.60. The van der Waals surface area contributed by atoms with Crippen molar-refractivity contribution in [3.63, 3.8) is 0 Å². The molecule has 1 N–H and O–H groups in total. The molecule has 4 nitrogen and oxygen atoms in total. The van der Waals surface area contributed by atoms with Gasteiger partial charge in [-0.3, -0.25) is 5.09 Å². The van der Waals surface area contributed by atoms with Gasteiger partial charge in [-0.1, -0.05) is 36.4 Å². The van der Waals surface area contributed by atoms with Gasteiger partial charge < -0.3 is 9.05 Å². The van der Waals surface area contributed by atoms with Crippen molar-refractivity contribution < 1.29 is 22.4 Å². The molecular formula is C18H14F2NO3P. The van der Waals surface area contributed by atoms with E-state index in [2.05, 4.69) is 5.09 Å². The van der Waals surface area contributed by atoms with Crippen LogP contribution in [-0.2, 0) is 4.57 Å². The Hall–Kier alpha value is -2.85. The van der Waals surface area contributed by atoms with Gasteiger partial charge in [0.25, 0.3) is 0 Å². The lowest BCUT2D eigenvalue weighted by atomic mass is 10.3. The lowest BCUT2D eigenvalue weighted by Crippen LogP contribution is -2.10. The third-order valence-corrected chi connectivity index (χ3v) is 4.56. The molecule has 0 unspecified atom stereocenters. The molecule has 0 radical (unpaired) electrons. The van der Waals surface area contributed by atoms with Gasteiger partial charge in [0.1, 0.15) is 11.5 Å². The second-order valence-corrected chi connectivity index (χ2v) is 6.63. The third kappa shape index (κ3) is 4.58. The first-order chi connectivity index (χ1) is 12.0. The summed E-state index contributed by atoms with van der Waals surface area (Å²) < 4.78 is 50.6. The fraction of sp³-hybridized carbons (Fsp3) is 0. The quantitative estimate of drug-likeness (QED) is 0.577. The van der Waals surface area contributed by atoms with E-state index in [9.17, 15) is 13.3 Å². The fourth-order valence-corrected chi connectivity index (χ4v) is 3.41. The molecule has 25 heavy (non-hydrogen) atoms. The molecule has 0 fully saturated rings. The van der Waals surface area contributed by atoms with E-state index in [4.69, 9.17) is 9.05 Å². The molecule has 0 aliphatic carbocycles. The third-order valence-electron chi connectivity index (χ3n) is 3.12. The maximum atomic E-state index is 13.4. The maximum absolute atomic E-state index is 13.4. The lowest BCUT2D eigenvalue weighted by Gasteiger charge is -2.21. The van der Waals surface area contributed by atoms with Crippen LogP contribution < -0.4 is 14.1 Å². The van der Waals surface area contributed by atoms with E-state index in [1.54, 1.807) is 60.7 Å². The molecule has 0 saturated heterocycles. The smallest absolute Gasteiger partial charge is 0.400 e. The second-order valence-electron chi connectivity index (χ2n) is 5.05. The molecule has 3 aromatic carbocycles. The van der Waals surface area contributed by atoms with Gasteiger partial charge in [0.05, 0.1) is 0 Å². The van der Waals surface area contributed by atoms with Crippen molar-refractivity contribution in [1.29, 1.82) is 0 Å². The molecule has 3 rings (SSSR count). The zero-order chi connectivity index (χ0) is 17.7. The van der Waals surface area contributed by atoms with E-state index in [0.29, 0.717) is 11.5 Å². The zero-order valence-electron chi connectivity index (χ0n) is 12.9. The number of nitrogens with one attached hydrogen (secondary N) is 1. The molecule has 0 spiro atoms. The first-order valence-electron chi connectivity index (χ1n) is 7.37. The Labute approximate surface area is 143 Å². The molecule has 128 valence electrons. The Kier molecular flexibility index (Phi) is 5.00. The fourth-order valence-electron chi connectivity index (χ4n) is 2.03. The first kappa shape index (κ1) is 17.0. The normalized spacial score (nSPS) is 11.0. The predicted octanol–water partition coefficient (Wildman–Crippen LogP) is 5.64. The average molecular weight is 361 g/mol. The minimum absolute atomic E-state index is 0.0640. The van der Waals surface area contributed by atoms with Crippen LogP contribution in [0.4, 0.5) is 14.5 Å². The summed E-state index contributed by atoms with van der Waals surface area (Å²) in [7, 11) is -3.96. The Balaban J connectivity index is 1.90. The van der Waals surface area contributed by atoms with Crippen LogP contribution in [0.5, 0.6) is 11.5 Å². The van der Waals surface area contributed by atoms with Gasteiger partial charge in [0.15, 0.2) is 11.6 Å². The molecule has 7 heteroatoms. The van der Waals surface area contributed by atoms with Crippen LogP contribution in [0.1, 0.15) is 0 Å². The number of hydrogen-bond donors (Lipinski definition) is 1. The van der Waals surface area contributed by atoms with Crippen molar-refractivity contribution in [3.8, 4) is 11.5 Å². The molecule has 0 heterocycles. The Morgan fingerprint density at radius 2 is 1.24 bits per heavy atom. The van der Waals surface area contributed by atoms with Crippen molar-refractivity contribution in [2.24, 2.45) is 0 Å². The monoisotopic (exact) mass is 361 g/mol. The minimum Gasteiger partial charge on any atom is -0.400 e. The Morgan fingerprint density at radius 3 is 1.72 bits per heavy atom. The van der Waals surface area contributed by atoms with Crippen LogP contribution in [0.25, 0.3) is 0 Å². The summed E-state index contributed by atoms with van der Waals surface area (Å²) in [6.07, 6.45) is 0. The SMILES string of the molecule is O=P(Nc1ccc(F)c(F)c1)(Oc1ccccc1)Oc1ccccc1. The Morgan fingerprint density at radius 1 is 0.720 bits per heavy atom. The van der Waals surface area contributed by atoms with Gasteiger partial charge in [0.2, 0.25) is 0 Å². The number of halogens is 2. The van der Waals surface area contributed by atoms with Crippen molar-refractivity contribution in [2.75, 3.05) is 5.09 Å². The van der Waals surface area contributed by atoms with Gasteiger partial charge in [-0.2, -0.15) is 0 Å². The lowest BCUT2D eigenvalue weighted by molar-refractivity contribution is 0.393. The predicted molar refractivity (Wildman–Crippen MR) is 91.7 cm³/mol. The molecule has 0 aliphatic heterocycles. The van der Waals surface area contributed by atoms with Gasteiger partial charge in [-0.05, 0) is 36.4 Å². The van der Waals surface area contributed by atoms with Gasteiger partial charge in [0, 0.05) is 11.8 Å². The van der Waals surface area contributed by atoms with Crippen LogP contribution in [0.2, 0.25) is 0 Å². The van der Waals surface area contributed by atoms with E-state index in [-0.39, 0.29) is 5.69 Å². The summed E-state index contributed by atoms with van der Waals surface area (Å²) >= 11 is 0. The number of hydrogen-bond acceptors (Lipinski definition) is 3. The van der Waals surface area contributed by atoms with E-state index in [0.717, 1.165) is 12.1 Å². The van der Waals surface area contributed by atoms with Crippen molar-refractivity contribution in [1.82, 2.24) is 0 Å². The molecule has 0 amide bonds. The summed E-state index contributed by atoms with van der Waals surface area (Å²) in [5.41, 5.74) is 0.0640. The molecule has 0 atom stereocenters. The molecular weight excluding hydrogens is 347 g/mol. The summed E-state index contributed by atoms with van der Waals surface area (Å²) in [6, 6.07) is 19.9. The van der Waals surface area contributed by atoms with E-state index < -0.39 is 19.4 Å². The van der Waals surface area contributed by atoms with Crippen LogP contribution in [0, 0.1) is 11.6 Å². The van der Waals surface area contributed by atoms with Crippen molar-refractivity contribution in [2.45, 2.75) is 0 Å². The van der Waals surface area contributed by atoms with Gasteiger partial charge in [-0.15, -0.1) is 0 Å². The highest BCUT2D eigenvalue weighted by Gasteiger charge is 2.29. The summed E-state index contributed by atoms with van der Waals surface area (Å²) in [5.74, 6) is -1.47. The largest absolute Gasteiger partial charge is 0.541 e. The second kappa shape index (κ2) is 7.36. The van der Waals surface area contributed by atoms with E-state index >= 15 is 0 Å². The van der Waals surface area contributed by atoms with Crippen LogP contribution in [0.15, 0.2) is 78.9 Å². The van der Waals surface area contributed by atoms with E-state index in [1.165, 1.54) is 6.07 Å². The molecule has 0 saturated carbocycles. The summed E-state index contributed by atoms with van der Waals surface area (Å²) in [4.78, 5) is 0. The highest BCUT2D eigenvalue weighted by atomic mass is 31.2. The maximum Gasteiger partial charge on any atom is 0.541 e. The van der Waals surface area contributed by atoms with Gasteiger partial charge in [-0.25, -0.2) is 13.3 Å². The van der Waals surface area contributed by atoms with Crippen molar-refractivity contribution >= 4 is 13.4 Å². The van der Waals surface area contributed by atoms with Crippen molar-refractivity contribution in [3.05, 3.63) is 90.5 Å². The van der Waals surface area contributed by atoms with Crippen LogP contribution in [-0.4, -0.2) is 0 Å². The topological polar surface area (TPSA) is 47.6 Å². The molecule has 3 aromatic rings. The standard InChI is InChI=1S/C18H14F2NO3P/c19-17-12-11-14(13-18(17)20)21-25(22,23-15-7-3-1-4-8-15)24-16-9-5-2-6-10-16/h1-13H,(H,21,22). The highest BCUT2D eigenvalue weighted by molar-refractivity contribution is 7.56. The van der Waals surface area contributed by atoms with Crippen LogP contribution >= 0.6 is 7.75 Å². The number of rotatable bonds is 6. The zero-order valence-corrected chi connectivity index (χ0v) is 13.8. The molecule has 0 bridgehead atoms. The number of para-hydroxylation sites is 2. The van der Waals surface area contributed by atoms with Gasteiger partial charge >= 0.3 is 7.75 Å². The molecule has 0 aliphatic rings. The summed E-state index contributed by atoms with van der Waals surface area (Å²) in [6.45, 7) is 0. The summed E-state index contributed by atoms with van der Waals surface area (Å²) in [5, 5.41) is 2.52. The first-order valence-corrected chi connectivity index (χ1v) is 8.91. The van der Waals surface area contributed by atoms with Crippen LogP contribution in [0.3, 0.4) is 0 Å². The number of anilines is 1.